The van der Waals surface area contributed by atoms with Crippen LogP contribution in [0.1, 0.15) is 11.6 Å². The molecule has 1 aromatic carbocycles. The van der Waals surface area contributed by atoms with Crippen molar-refractivity contribution in [3.8, 4) is 6.07 Å². The van der Waals surface area contributed by atoms with Crippen molar-refractivity contribution in [2.24, 2.45) is 0 Å². The molecule has 0 radical (unpaired) electrons. The Morgan fingerprint density at radius 2 is 2.19 bits per heavy atom. The van der Waals surface area contributed by atoms with Gasteiger partial charge in [0.15, 0.2) is 0 Å². The smallest absolute Gasteiger partial charge is 0.129 e. The third-order valence-electron chi connectivity index (χ3n) is 3.01. The molecule has 0 amide bonds. The lowest BCUT2D eigenvalue weighted by Crippen LogP contribution is -2.57. The fourth-order valence-electron chi connectivity index (χ4n) is 1.95. The molecule has 1 heterocycles. The van der Waals surface area contributed by atoms with Gasteiger partial charge in [0.05, 0.1) is 6.07 Å². The van der Waals surface area contributed by atoms with Crippen LogP contribution in [0.3, 0.4) is 0 Å². The fourth-order valence-corrected chi connectivity index (χ4v) is 1.95. The summed E-state index contributed by atoms with van der Waals surface area (Å²) in [5.74, 6) is -0.304. The van der Waals surface area contributed by atoms with E-state index in [9.17, 15) is 4.39 Å². The molecule has 0 aliphatic carbocycles. The molecule has 1 aromatic rings. The predicted molar refractivity (Wildman–Crippen MR) is 59.2 cm³/mol. The van der Waals surface area contributed by atoms with E-state index in [1.165, 1.54) is 6.07 Å². The average Bonchev–Trinajstić information content (AvgIpc) is 2.24. The van der Waals surface area contributed by atoms with E-state index in [1.807, 2.05) is 11.9 Å². The van der Waals surface area contributed by atoms with E-state index in [-0.39, 0.29) is 5.82 Å². The molecule has 0 aromatic heterocycles. The second-order valence-electron chi connectivity index (χ2n) is 3.99. The molecule has 16 heavy (non-hydrogen) atoms. The molecule has 0 unspecified atom stereocenters. The average molecular weight is 219 g/mol. The molecule has 2 rings (SSSR count). The Hall–Kier alpha value is -1.44. The molecule has 1 aliphatic rings. The fraction of sp³-hybridized carbons (Fsp3) is 0.417. The predicted octanol–water partition coefficient (Wildman–Crippen LogP) is 1.29. The molecule has 3 nitrogen and oxygen atoms in total. The maximum absolute atomic E-state index is 13.5. The number of likely N-dealkylation sites (N-methyl/N-ethyl adjacent to an activating group) is 1. The first kappa shape index (κ1) is 11.1. The molecule has 1 aliphatic heterocycles. The Labute approximate surface area is 94.5 Å². The number of hydrogen-bond acceptors (Lipinski definition) is 3. The summed E-state index contributed by atoms with van der Waals surface area (Å²) in [6.07, 6.45) is 0. The van der Waals surface area contributed by atoms with E-state index in [0.717, 1.165) is 13.1 Å². The van der Waals surface area contributed by atoms with Crippen LogP contribution in [0.15, 0.2) is 24.3 Å². The molecular formula is C12H14FN3. The minimum atomic E-state index is -0.467. The van der Waals surface area contributed by atoms with E-state index >= 15 is 0 Å². The van der Waals surface area contributed by atoms with Crippen LogP contribution in [-0.2, 0) is 0 Å². The molecule has 1 fully saturated rings. The van der Waals surface area contributed by atoms with Crippen molar-refractivity contribution in [1.29, 1.82) is 5.26 Å². The van der Waals surface area contributed by atoms with Gasteiger partial charge in [0.1, 0.15) is 11.9 Å². The van der Waals surface area contributed by atoms with E-state index in [2.05, 4.69) is 11.4 Å². The number of hydrogen-bond donors (Lipinski definition) is 1. The highest BCUT2D eigenvalue weighted by molar-refractivity contribution is 5.26. The molecule has 1 saturated heterocycles. The quantitative estimate of drug-likeness (QED) is 0.832. The van der Waals surface area contributed by atoms with Crippen LogP contribution in [0.2, 0.25) is 0 Å². The summed E-state index contributed by atoms with van der Waals surface area (Å²) in [5.41, 5.74) is 0.472. The summed E-state index contributed by atoms with van der Waals surface area (Å²) in [4.78, 5) is 1.97. The normalized spacial score (nSPS) is 18.8. The molecule has 84 valence electrons. The van der Waals surface area contributed by atoms with Crippen LogP contribution in [0.4, 0.5) is 4.39 Å². The summed E-state index contributed by atoms with van der Waals surface area (Å²) >= 11 is 0. The third-order valence-corrected chi connectivity index (χ3v) is 3.01. The standard InChI is InChI=1S/C12H14FN3/c1-15-9-7-16(8-9)12(6-14)10-4-2-3-5-11(10)13/h2-5,9,12,15H,7-8H2,1H3/t12-/m0/s1. The third kappa shape index (κ3) is 1.92. The first-order chi connectivity index (χ1) is 7.76. The van der Waals surface area contributed by atoms with Gasteiger partial charge in [-0.05, 0) is 13.1 Å². The highest BCUT2D eigenvalue weighted by Crippen LogP contribution is 2.26. The van der Waals surface area contributed by atoms with Crippen molar-refractivity contribution in [1.82, 2.24) is 10.2 Å². The molecule has 4 heteroatoms. The number of benzene rings is 1. The van der Waals surface area contributed by atoms with Crippen molar-refractivity contribution in [3.63, 3.8) is 0 Å². The second kappa shape index (κ2) is 4.60. The van der Waals surface area contributed by atoms with Gasteiger partial charge in [-0.1, -0.05) is 18.2 Å². The summed E-state index contributed by atoms with van der Waals surface area (Å²) in [5, 5.41) is 12.3. The Morgan fingerprint density at radius 3 is 2.75 bits per heavy atom. The molecule has 1 N–H and O–H groups in total. The number of likely N-dealkylation sites (tertiary alicyclic amines) is 1. The Morgan fingerprint density at radius 1 is 1.50 bits per heavy atom. The maximum Gasteiger partial charge on any atom is 0.129 e. The van der Waals surface area contributed by atoms with Gasteiger partial charge >= 0.3 is 0 Å². The van der Waals surface area contributed by atoms with Crippen molar-refractivity contribution >= 4 is 0 Å². The summed E-state index contributed by atoms with van der Waals surface area (Å²) in [6, 6.07) is 8.59. The number of nitrogens with zero attached hydrogens (tertiary/aromatic N) is 2. The highest BCUT2D eigenvalue weighted by Gasteiger charge is 2.33. The van der Waals surface area contributed by atoms with Crippen LogP contribution in [-0.4, -0.2) is 31.1 Å². The van der Waals surface area contributed by atoms with E-state index in [0.29, 0.717) is 11.6 Å². The van der Waals surface area contributed by atoms with Gasteiger partial charge in [-0.15, -0.1) is 0 Å². The number of nitriles is 1. The second-order valence-corrected chi connectivity index (χ2v) is 3.99. The molecule has 0 spiro atoms. The van der Waals surface area contributed by atoms with Crippen LogP contribution in [0.5, 0.6) is 0 Å². The zero-order valence-corrected chi connectivity index (χ0v) is 9.15. The first-order valence-electron chi connectivity index (χ1n) is 5.31. The monoisotopic (exact) mass is 219 g/mol. The van der Waals surface area contributed by atoms with Crippen molar-refractivity contribution in [2.45, 2.75) is 12.1 Å². The van der Waals surface area contributed by atoms with Crippen LogP contribution >= 0.6 is 0 Å². The zero-order valence-electron chi connectivity index (χ0n) is 9.15. The first-order valence-corrected chi connectivity index (χ1v) is 5.31. The lowest BCUT2D eigenvalue weighted by atomic mass is 10.00. The van der Waals surface area contributed by atoms with Crippen molar-refractivity contribution < 1.29 is 4.39 Å². The van der Waals surface area contributed by atoms with Crippen molar-refractivity contribution in [3.05, 3.63) is 35.6 Å². The van der Waals surface area contributed by atoms with Gasteiger partial charge in [-0.2, -0.15) is 5.26 Å². The topological polar surface area (TPSA) is 39.1 Å². The van der Waals surface area contributed by atoms with Gasteiger partial charge in [0, 0.05) is 24.7 Å². The minimum Gasteiger partial charge on any atom is -0.315 e. The number of rotatable bonds is 3. The number of nitrogens with one attached hydrogen (secondary N) is 1. The van der Waals surface area contributed by atoms with Gasteiger partial charge in [0.2, 0.25) is 0 Å². The van der Waals surface area contributed by atoms with Crippen LogP contribution in [0, 0.1) is 17.1 Å². The molecule has 0 bridgehead atoms. The van der Waals surface area contributed by atoms with E-state index < -0.39 is 6.04 Å². The Balaban J connectivity index is 2.13. The summed E-state index contributed by atoms with van der Waals surface area (Å²) in [7, 11) is 1.90. The largest absolute Gasteiger partial charge is 0.315 e. The van der Waals surface area contributed by atoms with Gasteiger partial charge in [-0.3, -0.25) is 4.90 Å². The maximum atomic E-state index is 13.5. The SMILES string of the molecule is CNC1CN([C@@H](C#N)c2ccccc2F)C1. The van der Waals surface area contributed by atoms with E-state index in [4.69, 9.17) is 5.26 Å². The van der Waals surface area contributed by atoms with E-state index in [1.54, 1.807) is 18.2 Å². The molecule has 0 saturated carbocycles. The summed E-state index contributed by atoms with van der Waals surface area (Å²) in [6.45, 7) is 1.59. The summed E-state index contributed by atoms with van der Waals surface area (Å²) < 4.78 is 13.5. The number of halogens is 1. The molecular weight excluding hydrogens is 205 g/mol. The van der Waals surface area contributed by atoms with Crippen molar-refractivity contribution in [2.75, 3.05) is 20.1 Å². The van der Waals surface area contributed by atoms with Gasteiger partial charge in [-0.25, -0.2) is 4.39 Å². The highest BCUT2D eigenvalue weighted by atomic mass is 19.1. The molecule has 1 atom stereocenters. The Kier molecular flexibility index (Phi) is 3.18. The lowest BCUT2D eigenvalue weighted by molar-refractivity contribution is 0.103. The van der Waals surface area contributed by atoms with Crippen LogP contribution in [0.25, 0.3) is 0 Å². The van der Waals surface area contributed by atoms with Gasteiger partial charge < -0.3 is 5.32 Å². The minimum absolute atomic E-state index is 0.304. The zero-order chi connectivity index (χ0) is 11.5. The van der Waals surface area contributed by atoms with Gasteiger partial charge in [0.25, 0.3) is 0 Å². The Bertz CT molecular complexity index is 407. The van der Waals surface area contributed by atoms with Crippen LogP contribution < -0.4 is 5.32 Å². The lowest BCUT2D eigenvalue weighted by Gasteiger charge is -2.41.